The Bertz CT molecular complexity index is 1150. The second-order valence-corrected chi connectivity index (χ2v) is 10.2. The fourth-order valence-corrected chi connectivity index (χ4v) is 4.46. The molecule has 184 valence electrons. The number of rotatable bonds is 10. The zero-order valence-corrected chi connectivity index (χ0v) is 22.6. The molecule has 5 heteroatoms. The predicted octanol–water partition coefficient (Wildman–Crippen LogP) is 6.16. The Kier molecular flexibility index (Phi) is 9.67. The van der Waals surface area contributed by atoms with Gasteiger partial charge in [0.25, 0.3) is 0 Å². The normalized spacial score (nSPS) is 12.6. The van der Waals surface area contributed by atoms with Crippen LogP contribution < -0.4 is 5.32 Å². The fraction of sp³-hybridized carbons (Fsp3) is 0.333. The number of nitrogens with zero attached hydrogens (tertiary/aromatic N) is 1. The number of hydrogen-bond donors (Lipinski definition) is 1. The summed E-state index contributed by atoms with van der Waals surface area (Å²) in [5.41, 5.74) is 5.31. The minimum Gasteiger partial charge on any atom is -0.352 e. The van der Waals surface area contributed by atoms with Gasteiger partial charge in [0.1, 0.15) is 6.04 Å². The van der Waals surface area contributed by atoms with Gasteiger partial charge >= 0.3 is 0 Å². The summed E-state index contributed by atoms with van der Waals surface area (Å²) in [4.78, 5) is 29.1. The van der Waals surface area contributed by atoms with Crippen molar-refractivity contribution in [1.82, 2.24) is 10.2 Å². The van der Waals surface area contributed by atoms with Gasteiger partial charge in [-0.15, -0.1) is 0 Å². The van der Waals surface area contributed by atoms with Crippen molar-refractivity contribution in [3.05, 3.63) is 105 Å². The van der Waals surface area contributed by atoms with Crippen molar-refractivity contribution < 1.29 is 9.59 Å². The van der Waals surface area contributed by atoms with Crippen LogP contribution in [0.5, 0.6) is 0 Å². The molecule has 35 heavy (non-hydrogen) atoms. The fourth-order valence-electron chi connectivity index (χ4n) is 4.02. The molecule has 0 aliphatic heterocycles. The standard InChI is InChI=1S/C30H35BrN2O2/c1-5-23(4)32-30(35)28(18-24-10-7-6-8-11-24)33(20-26-12-9-13-27(31)17-26)29(34)19-25-15-14-21(2)22(3)16-25/h6-17,23,28H,5,18-20H2,1-4H3,(H,32,35). The third-order valence-corrected chi connectivity index (χ3v) is 6.93. The van der Waals surface area contributed by atoms with Gasteiger partial charge in [0.15, 0.2) is 0 Å². The van der Waals surface area contributed by atoms with Gasteiger partial charge in [-0.1, -0.05) is 83.5 Å². The second kappa shape index (κ2) is 12.7. The number of benzene rings is 3. The van der Waals surface area contributed by atoms with Crippen molar-refractivity contribution >= 4 is 27.7 Å². The summed E-state index contributed by atoms with van der Waals surface area (Å²) in [6, 6.07) is 23.3. The molecule has 2 atom stereocenters. The van der Waals surface area contributed by atoms with Crippen molar-refractivity contribution in [1.29, 1.82) is 0 Å². The highest BCUT2D eigenvalue weighted by Crippen LogP contribution is 2.20. The van der Waals surface area contributed by atoms with Gasteiger partial charge in [0.05, 0.1) is 6.42 Å². The summed E-state index contributed by atoms with van der Waals surface area (Å²) < 4.78 is 0.945. The van der Waals surface area contributed by atoms with Gasteiger partial charge < -0.3 is 10.2 Å². The maximum atomic E-state index is 13.8. The number of carbonyl (C=O) groups excluding carboxylic acids is 2. The Morgan fingerprint density at radius 1 is 0.886 bits per heavy atom. The lowest BCUT2D eigenvalue weighted by Crippen LogP contribution is -2.52. The summed E-state index contributed by atoms with van der Waals surface area (Å²) in [6.45, 7) is 8.51. The van der Waals surface area contributed by atoms with Crippen LogP contribution in [0.25, 0.3) is 0 Å². The molecular formula is C30H35BrN2O2. The zero-order chi connectivity index (χ0) is 25.4. The summed E-state index contributed by atoms with van der Waals surface area (Å²) in [7, 11) is 0. The third-order valence-electron chi connectivity index (χ3n) is 6.44. The van der Waals surface area contributed by atoms with E-state index < -0.39 is 6.04 Å². The minimum absolute atomic E-state index is 0.0309. The topological polar surface area (TPSA) is 49.4 Å². The summed E-state index contributed by atoms with van der Waals surface area (Å²) in [5, 5.41) is 3.12. The molecule has 4 nitrogen and oxygen atoms in total. The molecule has 1 N–H and O–H groups in total. The van der Waals surface area contributed by atoms with E-state index in [2.05, 4.69) is 41.2 Å². The molecule has 3 rings (SSSR count). The molecule has 2 unspecified atom stereocenters. The summed E-state index contributed by atoms with van der Waals surface area (Å²) >= 11 is 3.54. The first-order chi connectivity index (χ1) is 16.8. The molecule has 0 saturated heterocycles. The Hall–Kier alpha value is -2.92. The summed E-state index contributed by atoms with van der Waals surface area (Å²) in [6.07, 6.45) is 1.53. The molecule has 0 spiro atoms. The Balaban J connectivity index is 1.98. The van der Waals surface area contributed by atoms with E-state index in [4.69, 9.17) is 0 Å². The van der Waals surface area contributed by atoms with Gasteiger partial charge in [0, 0.05) is 23.5 Å². The van der Waals surface area contributed by atoms with E-state index in [0.29, 0.717) is 13.0 Å². The molecule has 0 heterocycles. The molecule has 3 aromatic carbocycles. The molecule has 0 aliphatic carbocycles. The van der Waals surface area contributed by atoms with Crippen LogP contribution in [-0.4, -0.2) is 28.8 Å². The Morgan fingerprint density at radius 3 is 2.26 bits per heavy atom. The maximum Gasteiger partial charge on any atom is 0.243 e. The second-order valence-electron chi connectivity index (χ2n) is 9.27. The highest BCUT2D eigenvalue weighted by molar-refractivity contribution is 9.10. The predicted molar refractivity (Wildman–Crippen MR) is 146 cm³/mol. The van der Waals surface area contributed by atoms with Gasteiger partial charge in [-0.3, -0.25) is 9.59 Å². The summed E-state index contributed by atoms with van der Waals surface area (Å²) in [5.74, 6) is -0.180. The Morgan fingerprint density at radius 2 is 1.60 bits per heavy atom. The number of nitrogens with one attached hydrogen (secondary N) is 1. The van der Waals surface area contributed by atoms with E-state index in [1.165, 1.54) is 5.56 Å². The van der Waals surface area contributed by atoms with E-state index in [9.17, 15) is 9.59 Å². The van der Waals surface area contributed by atoms with Crippen LogP contribution in [0.4, 0.5) is 0 Å². The van der Waals surface area contributed by atoms with Gasteiger partial charge in [-0.25, -0.2) is 0 Å². The lowest BCUT2D eigenvalue weighted by Gasteiger charge is -2.32. The zero-order valence-electron chi connectivity index (χ0n) is 21.1. The molecule has 0 bridgehead atoms. The largest absolute Gasteiger partial charge is 0.352 e. The van der Waals surface area contributed by atoms with E-state index in [0.717, 1.165) is 33.1 Å². The number of aryl methyl sites for hydroxylation is 2. The average Bonchev–Trinajstić information content (AvgIpc) is 2.84. The average molecular weight is 536 g/mol. The Labute approximate surface area is 217 Å². The monoisotopic (exact) mass is 534 g/mol. The van der Waals surface area contributed by atoms with E-state index in [1.54, 1.807) is 4.90 Å². The highest BCUT2D eigenvalue weighted by atomic mass is 79.9. The molecule has 3 aromatic rings. The van der Waals surface area contributed by atoms with Crippen LogP contribution in [0.3, 0.4) is 0 Å². The number of amides is 2. The van der Waals surface area contributed by atoms with Crippen LogP contribution in [0.2, 0.25) is 0 Å². The number of hydrogen-bond acceptors (Lipinski definition) is 2. The van der Waals surface area contributed by atoms with Crippen LogP contribution in [0.15, 0.2) is 77.3 Å². The molecule has 0 saturated carbocycles. The SMILES string of the molecule is CCC(C)NC(=O)C(Cc1ccccc1)N(Cc1cccc(Br)c1)C(=O)Cc1ccc(C)c(C)c1. The van der Waals surface area contributed by atoms with Crippen molar-refractivity contribution in [3.63, 3.8) is 0 Å². The minimum atomic E-state index is -0.621. The molecular weight excluding hydrogens is 500 g/mol. The van der Waals surface area contributed by atoms with Crippen LogP contribution in [0, 0.1) is 13.8 Å². The van der Waals surface area contributed by atoms with Crippen molar-refractivity contribution in [3.8, 4) is 0 Å². The smallest absolute Gasteiger partial charge is 0.243 e. The maximum absolute atomic E-state index is 13.8. The lowest BCUT2D eigenvalue weighted by molar-refractivity contribution is -0.141. The first-order valence-electron chi connectivity index (χ1n) is 12.2. The van der Waals surface area contributed by atoms with E-state index in [1.807, 2.05) is 80.6 Å². The van der Waals surface area contributed by atoms with Gasteiger partial charge in [-0.05, 0) is 67.1 Å². The quantitative estimate of drug-likeness (QED) is 0.338. The van der Waals surface area contributed by atoms with Crippen molar-refractivity contribution in [2.75, 3.05) is 0 Å². The highest BCUT2D eigenvalue weighted by Gasteiger charge is 2.31. The van der Waals surface area contributed by atoms with Crippen molar-refractivity contribution in [2.24, 2.45) is 0 Å². The number of halogens is 1. The van der Waals surface area contributed by atoms with Crippen LogP contribution in [-0.2, 0) is 29.0 Å². The van der Waals surface area contributed by atoms with Crippen molar-refractivity contribution in [2.45, 2.75) is 65.6 Å². The van der Waals surface area contributed by atoms with E-state index >= 15 is 0 Å². The number of carbonyl (C=O) groups is 2. The molecule has 0 radical (unpaired) electrons. The van der Waals surface area contributed by atoms with Crippen LogP contribution >= 0.6 is 15.9 Å². The molecule has 0 fully saturated rings. The first-order valence-corrected chi connectivity index (χ1v) is 13.0. The molecule has 2 amide bonds. The first kappa shape index (κ1) is 26.7. The van der Waals surface area contributed by atoms with Crippen LogP contribution in [0.1, 0.15) is 48.1 Å². The van der Waals surface area contributed by atoms with E-state index in [-0.39, 0.29) is 24.3 Å². The van der Waals surface area contributed by atoms with Gasteiger partial charge in [-0.2, -0.15) is 0 Å². The molecule has 0 aromatic heterocycles. The van der Waals surface area contributed by atoms with Gasteiger partial charge in [0.2, 0.25) is 11.8 Å². The third kappa shape index (κ3) is 7.79. The lowest BCUT2D eigenvalue weighted by atomic mass is 10.00. The molecule has 0 aliphatic rings.